The number of rotatable bonds is 5. The highest BCUT2D eigenvalue weighted by atomic mass is 32.2. The Morgan fingerprint density at radius 2 is 1.70 bits per heavy atom. The summed E-state index contributed by atoms with van der Waals surface area (Å²) in [5.41, 5.74) is 4.25. The van der Waals surface area contributed by atoms with Gasteiger partial charge in [0, 0.05) is 29.0 Å². The predicted octanol–water partition coefficient (Wildman–Crippen LogP) is 4.82. The van der Waals surface area contributed by atoms with Gasteiger partial charge in [0.1, 0.15) is 0 Å². The van der Waals surface area contributed by atoms with E-state index in [1.165, 1.54) is 17.3 Å². The molecule has 6 nitrogen and oxygen atoms in total. The van der Waals surface area contributed by atoms with Gasteiger partial charge in [-0.3, -0.25) is 15.1 Å². The number of amides is 1. The van der Waals surface area contributed by atoms with Crippen LogP contribution in [0.15, 0.2) is 72.0 Å². The van der Waals surface area contributed by atoms with Crippen molar-refractivity contribution in [2.75, 3.05) is 11.1 Å². The van der Waals surface area contributed by atoms with Crippen molar-refractivity contribution in [3.8, 4) is 11.1 Å². The standard InChI is InChI=1S/C23H23N5OS/c1-23(2,3)18-7-4-16(5-8-18)17-6-9-20-25-22(27-28(20)14-17)26-21(29)15-30-19-10-12-24-13-11-19/h4-14H,15H2,1-3H3,(H,26,27,29). The summed E-state index contributed by atoms with van der Waals surface area (Å²) in [6.07, 6.45) is 5.34. The van der Waals surface area contributed by atoms with Crippen LogP contribution >= 0.6 is 11.8 Å². The zero-order valence-corrected chi connectivity index (χ0v) is 18.0. The number of nitrogens with one attached hydrogen (secondary N) is 1. The van der Waals surface area contributed by atoms with Crippen LogP contribution < -0.4 is 5.32 Å². The number of benzene rings is 1. The van der Waals surface area contributed by atoms with E-state index < -0.39 is 0 Å². The Hall–Kier alpha value is -3.19. The third-order valence-electron chi connectivity index (χ3n) is 4.69. The van der Waals surface area contributed by atoms with Gasteiger partial charge in [0.05, 0.1) is 5.75 Å². The minimum absolute atomic E-state index is 0.122. The van der Waals surface area contributed by atoms with E-state index in [0.29, 0.717) is 11.6 Å². The number of carbonyl (C=O) groups is 1. The molecule has 0 bridgehead atoms. The molecule has 0 atom stereocenters. The Morgan fingerprint density at radius 3 is 2.40 bits per heavy atom. The van der Waals surface area contributed by atoms with Gasteiger partial charge in [0.25, 0.3) is 0 Å². The zero-order valence-electron chi connectivity index (χ0n) is 17.2. The van der Waals surface area contributed by atoms with Gasteiger partial charge < -0.3 is 0 Å². The molecular formula is C23H23N5OS. The van der Waals surface area contributed by atoms with Crippen molar-refractivity contribution >= 4 is 29.3 Å². The van der Waals surface area contributed by atoms with Crippen LogP contribution in [0.5, 0.6) is 0 Å². The van der Waals surface area contributed by atoms with Crippen molar-refractivity contribution in [3.63, 3.8) is 0 Å². The van der Waals surface area contributed by atoms with Gasteiger partial charge in [-0.15, -0.1) is 16.9 Å². The summed E-state index contributed by atoms with van der Waals surface area (Å²) < 4.78 is 1.69. The SMILES string of the molecule is CC(C)(C)c1ccc(-c2ccc3nc(NC(=O)CSc4ccncc4)nn3c2)cc1. The van der Waals surface area contributed by atoms with E-state index in [-0.39, 0.29) is 17.1 Å². The number of thioether (sulfide) groups is 1. The second kappa shape index (κ2) is 8.28. The number of carbonyl (C=O) groups excluding carboxylic acids is 1. The molecule has 0 unspecified atom stereocenters. The van der Waals surface area contributed by atoms with Crippen LogP contribution in [0, 0.1) is 0 Å². The first kappa shape index (κ1) is 20.1. The lowest BCUT2D eigenvalue weighted by molar-refractivity contribution is -0.113. The van der Waals surface area contributed by atoms with E-state index in [0.717, 1.165) is 16.0 Å². The molecule has 3 heterocycles. The van der Waals surface area contributed by atoms with Crippen LogP contribution in [0.1, 0.15) is 26.3 Å². The van der Waals surface area contributed by atoms with E-state index >= 15 is 0 Å². The van der Waals surface area contributed by atoms with E-state index in [2.05, 4.69) is 65.4 Å². The third-order valence-corrected chi connectivity index (χ3v) is 5.70. The molecular weight excluding hydrogens is 394 g/mol. The summed E-state index contributed by atoms with van der Waals surface area (Å²) in [4.78, 5) is 21.6. The minimum atomic E-state index is -0.147. The van der Waals surface area contributed by atoms with Crippen LogP contribution in [-0.4, -0.2) is 31.2 Å². The average molecular weight is 418 g/mol. The Labute approximate surface area is 179 Å². The highest BCUT2D eigenvalue weighted by molar-refractivity contribution is 8.00. The monoisotopic (exact) mass is 417 g/mol. The predicted molar refractivity (Wildman–Crippen MR) is 121 cm³/mol. The molecule has 0 aliphatic heterocycles. The van der Waals surface area contributed by atoms with Crippen molar-refractivity contribution in [2.45, 2.75) is 31.1 Å². The maximum Gasteiger partial charge on any atom is 0.249 e. The van der Waals surface area contributed by atoms with Crippen molar-refractivity contribution < 1.29 is 4.79 Å². The molecule has 4 aromatic rings. The quantitative estimate of drug-likeness (QED) is 0.471. The van der Waals surface area contributed by atoms with Crippen molar-refractivity contribution in [1.82, 2.24) is 19.6 Å². The fourth-order valence-electron chi connectivity index (χ4n) is 3.01. The number of hydrogen-bond donors (Lipinski definition) is 1. The lowest BCUT2D eigenvalue weighted by Gasteiger charge is -2.19. The van der Waals surface area contributed by atoms with Crippen molar-refractivity contribution in [1.29, 1.82) is 0 Å². The number of pyridine rings is 2. The van der Waals surface area contributed by atoms with Crippen LogP contribution in [0.4, 0.5) is 5.95 Å². The van der Waals surface area contributed by atoms with Crippen molar-refractivity contribution in [2.24, 2.45) is 0 Å². The van der Waals surface area contributed by atoms with Gasteiger partial charge >= 0.3 is 0 Å². The molecule has 0 saturated heterocycles. The molecule has 0 aliphatic rings. The van der Waals surface area contributed by atoms with Crippen LogP contribution in [-0.2, 0) is 10.2 Å². The minimum Gasteiger partial charge on any atom is -0.292 e. The van der Waals surface area contributed by atoms with Gasteiger partial charge in [0.15, 0.2) is 5.65 Å². The van der Waals surface area contributed by atoms with Crippen LogP contribution in [0.2, 0.25) is 0 Å². The van der Waals surface area contributed by atoms with Gasteiger partial charge in [-0.05, 0) is 40.8 Å². The molecule has 0 spiro atoms. The average Bonchev–Trinajstić information content (AvgIpc) is 3.14. The second-order valence-corrected chi connectivity index (χ2v) is 9.05. The molecule has 152 valence electrons. The third kappa shape index (κ3) is 4.68. The summed E-state index contributed by atoms with van der Waals surface area (Å²) in [6, 6.07) is 16.2. The number of hydrogen-bond acceptors (Lipinski definition) is 5. The van der Waals surface area contributed by atoms with Gasteiger partial charge in [-0.1, -0.05) is 45.0 Å². The molecule has 0 radical (unpaired) electrons. The molecule has 1 aromatic carbocycles. The Balaban J connectivity index is 1.46. The Kier molecular flexibility index (Phi) is 5.55. The first-order valence-corrected chi connectivity index (χ1v) is 10.7. The fourth-order valence-corrected chi connectivity index (χ4v) is 3.70. The summed E-state index contributed by atoms with van der Waals surface area (Å²) in [6.45, 7) is 6.61. The molecule has 0 saturated carbocycles. The van der Waals surface area contributed by atoms with Crippen LogP contribution in [0.3, 0.4) is 0 Å². The molecule has 7 heteroatoms. The molecule has 0 aliphatic carbocycles. The van der Waals surface area contributed by atoms with Gasteiger partial charge in [0.2, 0.25) is 11.9 Å². The Morgan fingerprint density at radius 1 is 1.00 bits per heavy atom. The number of fused-ring (bicyclic) bond motifs is 1. The zero-order chi connectivity index (χ0) is 21.1. The number of nitrogens with zero attached hydrogens (tertiary/aromatic N) is 4. The van der Waals surface area contributed by atoms with E-state index in [1.54, 1.807) is 16.9 Å². The highest BCUT2D eigenvalue weighted by Gasteiger charge is 2.14. The van der Waals surface area contributed by atoms with Crippen LogP contribution in [0.25, 0.3) is 16.8 Å². The summed E-state index contributed by atoms with van der Waals surface area (Å²) >= 11 is 1.44. The summed E-state index contributed by atoms with van der Waals surface area (Å²) in [7, 11) is 0. The molecule has 0 fully saturated rings. The molecule has 4 rings (SSSR count). The maximum atomic E-state index is 12.2. The first-order valence-electron chi connectivity index (χ1n) is 9.68. The van der Waals surface area contributed by atoms with Gasteiger partial charge in [-0.2, -0.15) is 4.98 Å². The van der Waals surface area contributed by atoms with Gasteiger partial charge in [-0.25, -0.2) is 4.52 Å². The highest BCUT2D eigenvalue weighted by Crippen LogP contribution is 2.26. The topological polar surface area (TPSA) is 72.2 Å². The Bertz CT molecular complexity index is 1160. The largest absolute Gasteiger partial charge is 0.292 e. The number of anilines is 1. The van der Waals surface area contributed by atoms with Crippen molar-refractivity contribution in [3.05, 3.63) is 72.7 Å². The molecule has 3 aromatic heterocycles. The van der Waals surface area contributed by atoms with E-state index in [1.807, 2.05) is 30.5 Å². The number of aromatic nitrogens is 4. The molecule has 30 heavy (non-hydrogen) atoms. The lowest BCUT2D eigenvalue weighted by atomic mass is 9.86. The maximum absolute atomic E-state index is 12.2. The molecule has 1 N–H and O–H groups in total. The second-order valence-electron chi connectivity index (χ2n) is 8.00. The smallest absolute Gasteiger partial charge is 0.249 e. The summed E-state index contributed by atoms with van der Waals surface area (Å²) in [5.74, 6) is 0.437. The fraction of sp³-hybridized carbons (Fsp3) is 0.217. The first-order chi connectivity index (χ1) is 14.4. The normalized spacial score (nSPS) is 11.6. The molecule has 1 amide bonds. The lowest BCUT2D eigenvalue weighted by Crippen LogP contribution is -2.15. The summed E-state index contributed by atoms with van der Waals surface area (Å²) in [5, 5.41) is 7.17. The van der Waals surface area contributed by atoms with E-state index in [9.17, 15) is 4.79 Å². The van der Waals surface area contributed by atoms with E-state index in [4.69, 9.17) is 0 Å².